The van der Waals surface area contributed by atoms with E-state index >= 15 is 0 Å². The lowest BCUT2D eigenvalue weighted by atomic mass is 9.98. The van der Waals surface area contributed by atoms with Crippen molar-refractivity contribution in [1.29, 1.82) is 0 Å². The van der Waals surface area contributed by atoms with Crippen LogP contribution < -0.4 is 14.9 Å². The van der Waals surface area contributed by atoms with E-state index in [0.717, 1.165) is 24.8 Å². The Morgan fingerprint density at radius 3 is 2.50 bits per heavy atom. The number of benzene rings is 2. The van der Waals surface area contributed by atoms with Crippen LogP contribution in [0.25, 0.3) is 11.0 Å². The van der Waals surface area contributed by atoms with Gasteiger partial charge in [-0.05, 0) is 56.5 Å². The number of nitrogens with zero attached hydrogens (tertiary/aromatic N) is 1. The third-order valence-electron chi connectivity index (χ3n) is 6.35. The minimum atomic E-state index is -0.580. The predicted molar refractivity (Wildman–Crippen MR) is 139 cm³/mol. The first-order chi connectivity index (χ1) is 17.6. The van der Waals surface area contributed by atoms with Crippen molar-refractivity contribution in [3.63, 3.8) is 0 Å². The van der Waals surface area contributed by atoms with Gasteiger partial charge >= 0.3 is 0 Å². The highest BCUT2D eigenvalue weighted by Gasteiger charge is 2.42. The Labute approximate surface area is 212 Å². The Morgan fingerprint density at radius 2 is 1.72 bits per heavy atom. The molecule has 7 heteroatoms. The van der Waals surface area contributed by atoms with Crippen molar-refractivity contribution in [1.82, 2.24) is 4.90 Å². The van der Waals surface area contributed by atoms with Crippen molar-refractivity contribution >= 4 is 16.9 Å². The third kappa shape index (κ3) is 5.26. The largest absolute Gasteiger partial charge is 0.490 e. The van der Waals surface area contributed by atoms with Crippen molar-refractivity contribution in [2.45, 2.75) is 52.5 Å². The molecule has 1 aliphatic heterocycles. The monoisotopic (exact) mass is 493 g/mol. The smallest absolute Gasteiger partial charge is 0.290 e. The summed E-state index contributed by atoms with van der Waals surface area (Å²) in [6.07, 6.45) is 3.83. The fraction of sp³-hybridized carbons (Fsp3) is 0.448. The molecule has 3 aromatic rings. The lowest BCUT2D eigenvalue weighted by molar-refractivity contribution is 0.0695. The first kappa shape index (κ1) is 25.8. The van der Waals surface area contributed by atoms with Crippen LogP contribution in [0.2, 0.25) is 0 Å². The number of rotatable bonds is 13. The topological polar surface area (TPSA) is 78.2 Å². The Kier molecular flexibility index (Phi) is 8.65. The minimum Gasteiger partial charge on any atom is -0.490 e. The quantitative estimate of drug-likeness (QED) is 0.283. The van der Waals surface area contributed by atoms with Gasteiger partial charge in [0.05, 0.1) is 30.2 Å². The average molecular weight is 494 g/mol. The molecular weight excluding hydrogens is 458 g/mol. The van der Waals surface area contributed by atoms with Gasteiger partial charge in [0, 0.05) is 19.8 Å². The van der Waals surface area contributed by atoms with Gasteiger partial charge in [0.15, 0.2) is 16.9 Å². The summed E-state index contributed by atoms with van der Waals surface area (Å²) < 4.78 is 23.4. The van der Waals surface area contributed by atoms with Crippen LogP contribution in [0.4, 0.5) is 0 Å². The van der Waals surface area contributed by atoms with E-state index < -0.39 is 6.04 Å². The summed E-state index contributed by atoms with van der Waals surface area (Å²) >= 11 is 0. The van der Waals surface area contributed by atoms with E-state index in [9.17, 15) is 9.59 Å². The number of hydrogen-bond donors (Lipinski definition) is 0. The molecule has 2 aromatic carbocycles. The second-order valence-corrected chi connectivity index (χ2v) is 8.82. The zero-order valence-corrected chi connectivity index (χ0v) is 21.4. The summed E-state index contributed by atoms with van der Waals surface area (Å²) in [5.41, 5.74) is 1.38. The summed E-state index contributed by atoms with van der Waals surface area (Å²) in [6, 6.07) is 12.1. The van der Waals surface area contributed by atoms with Crippen LogP contribution >= 0.6 is 0 Å². The second-order valence-electron chi connectivity index (χ2n) is 8.82. The van der Waals surface area contributed by atoms with Crippen molar-refractivity contribution in [2.24, 2.45) is 0 Å². The van der Waals surface area contributed by atoms with E-state index in [1.807, 2.05) is 32.0 Å². The molecule has 1 atom stereocenters. The number of ether oxygens (including phenoxy) is 3. The number of hydrogen-bond acceptors (Lipinski definition) is 6. The van der Waals surface area contributed by atoms with Crippen LogP contribution in [-0.4, -0.2) is 43.8 Å². The van der Waals surface area contributed by atoms with E-state index in [1.165, 1.54) is 0 Å². The van der Waals surface area contributed by atoms with Crippen molar-refractivity contribution in [3.05, 3.63) is 69.6 Å². The number of fused-ring (bicyclic) bond motifs is 2. The SMILES string of the molecule is CCCCCOc1ccc(C2c3c(oc4ccccc4c3=O)C(=O)N2CCCOCC)cc1OCC. The fourth-order valence-corrected chi connectivity index (χ4v) is 4.64. The highest BCUT2D eigenvalue weighted by Crippen LogP contribution is 2.41. The maximum atomic E-state index is 13.6. The molecule has 0 aliphatic carbocycles. The van der Waals surface area contributed by atoms with Gasteiger partial charge in [-0.1, -0.05) is 38.0 Å². The zero-order valence-electron chi connectivity index (χ0n) is 21.4. The average Bonchev–Trinajstić information content (AvgIpc) is 3.17. The van der Waals surface area contributed by atoms with E-state index in [4.69, 9.17) is 18.6 Å². The maximum Gasteiger partial charge on any atom is 0.290 e. The van der Waals surface area contributed by atoms with Gasteiger partial charge in [-0.3, -0.25) is 9.59 Å². The van der Waals surface area contributed by atoms with Crippen LogP contribution in [0.5, 0.6) is 11.5 Å². The fourth-order valence-electron chi connectivity index (χ4n) is 4.64. The predicted octanol–water partition coefficient (Wildman–Crippen LogP) is 5.73. The minimum absolute atomic E-state index is 0.109. The second kappa shape index (κ2) is 12.1. The Morgan fingerprint density at radius 1 is 0.889 bits per heavy atom. The number of carbonyl (C=O) groups excluding carboxylic acids is 1. The van der Waals surface area contributed by atoms with Crippen LogP contribution in [0.3, 0.4) is 0 Å². The molecule has 1 aliphatic rings. The molecule has 1 amide bonds. The van der Waals surface area contributed by atoms with Crippen LogP contribution in [0.1, 0.15) is 74.2 Å². The van der Waals surface area contributed by atoms with Gasteiger partial charge in [-0.25, -0.2) is 0 Å². The van der Waals surface area contributed by atoms with E-state index in [1.54, 1.807) is 29.2 Å². The van der Waals surface area contributed by atoms with Gasteiger partial charge in [-0.15, -0.1) is 0 Å². The Balaban J connectivity index is 1.76. The normalized spacial score (nSPS) is 14.9. The zero-order chi connectivity index (χ0) is 25.5. The molecule has 1 aromatic heterocycles. The van der Waals surface area contributed by atoms with E-state index in [0.29, 0.717) is 67.4 Å². The molecule has 0 spiro atoms. The summed E-state index contributed by atoms with van der Waals surface area (Å²) in [4.78, 5) is 28.9. The number of carbonyl (C=O) groups is 1. The lowest BCUT2D eigenvalue weighted by Crippen LogP contribution is -2.31. The van der Waals surface area contributed by atoms with Gasteiger partial charge in [0.2, 0.25) is 5.76 Å². The molecule has 36 heavy (non-hydrogen) atoms. The van der Waals surface area contributed by atoms with E-state index in [2.05, 4.69) is 6.92 Å². The highest BCUT2D eigenvalue weighted by atomic mass is 16.5. The molecule has 0 saturated carbocycles. The molecule has 0 N–H and O–H groups in total. The third-order valence-corrected chi connectivity index (χ3v) is 6.35. The standard InChI is InChI=1S/C29H35NO6/c1-4-7-10-18-35-23-15-14-20(19-24(23)34-6-3)26-25-27(31)21-12-8-9-13-22(21)36-28(25)29(32)30(26)16-11-17-33-5-2/h8-9,12-15,19,26H,4-7,10-11,16-18H2,1-3H3. The van der Waals surface area contributed by atoms with Crippen molar-refractivity contribution in [2.75, 3.05) is 33.0 Å². The molecule has 0 fully saturated rings. The van der Waals surface area contributed by atoms with E-state index in [-0.39, 0.29) is 17.1 Å². The maximum absolute atomic E-state index is 13.6. The van der Waals surface area contributed by atoms with Gasteiger partial charge in [0.1, 0.15) is 5.58 Å². The summed E-state index contributed by atoms with van der Waals surface area (Å²) in [5, 5.41) is 0.464. The first-order valence-corrected chi connectivity index (χ1v) is 12.9. The lowest BCUT2D eigenvalue weighted by Gasteiger charge is -2.26. The van der Waals surface area contributed by atoms with Gasteiger partial charge < -0.3 is 23.5 Å². The molecule has 0 saturated heterocycles. The molecule has 2 heterocycles. The van der Waals surface area contributed by atoms with Crippen molar-refractivity contribution < 1.29 is 23.4 Å². The van der Waals surface area contributed by atoms with Crippen molar-refractivity contribution in [3.8, 4) is 11.5 Å². The summed E-state index contributed by atoms with van der Waals surface area (Å²) in [6.45, 7) is 8.67. The van der Waals surface area contributed by atoms with Gasteiger partial charge in [-0.2, -0.15) is 0 Å². The van der Waals surface area contributed by atoms with Gasteiger partial charge in [0.25, 0.3) is 5.91 Å². The molecule has 7 nitrogen and oxygen atoms in total. The number of amides is 1. The molecular formula is C29H35NO6. The highest BCUT2D eigenvalue weighted by molar-refractivity contribution is 5.99. The van der Waals surface area contributed by atoms with Crippen LogP contribution in [0.15, 0.2) is 51.7 Å². The Hall–Kier alpha value is -3.32. The number of para-hydroxylation sites is 1. The Bertz CT molecular complexity index is 1250. The molecule has 1 unspecified atom stereocenters. The first-order valence-electron chi connectivity index (χ1n) is 12.9. The summed E-state index contributed by atoms with van der Waals surface area (Å²) in [5.74, 6) is 1.09. The molecule has 4 rings (SSSR count). The molecule has 192 valence electrons. The van der Waals surface area contributed by atoms with Crippen LogP contribution in [0, 0.1) is 0 Å². The molecule has 0 bridgehead atoms. The molecule has 0 radical (unpaired) electrons. The summed E-state index contributed by atoms with van der Waals surface area (Å²) in [7, 11) is 0. The number of unbranched alkanes of at least 4 members (excludes halogenated alkanes) is 2. The van der Waals surface area contributed by atoms with Crippen LogP contribution in [-0.2, 0) is 4.74 Å².